The minimum absolute atomic E-state index is 0.547. The Morgan fingerprint density at radius 2 is 1.58 bits per heavy atom. The Hall–Kier alpha value is -5.39. The lowest BCUT2D eigenvalue weighted by atomic mass is 9.98. The Balaban J connectivity index is 1.28. The highest BCUT2D eigenvalue weighted by Gasteiger charge is 2.19. The standard InChI is InChI=1S/C37H36N8O2S/c1-4-5-16-36-38-32-22-21-27(45(48(46)47)34-15-9-12-29-30(34)13-8-14-33(29)43(2)3)23-35(32)44(36)24-25-17-19-26(20-18-25)28-10-6-7-11-31(28)37-39-41-42-40-37/h6-15,17-23H,4-5,16,24H2,1-3H3,(H,46,47)(H,39,40,41,42)/p-1. The Morgan fingerprint density at radius 1 is 0.854 bits per heavy atom. The second-order valence-corrected chi connectivity index (χ2v) is 12.7. The van der Waals surface area contributed by atoms with Gasteiger partial charge >= 0.3 is 0 Å². The lowest BCUT2D eigenvalue weighted by molar-refractivity contribution is 0.537. The molecule has 10 nitrogen and oxygen atoms in total. The van der Waals surface area contributed by atoms with Crippen molar-refractivity contribution in [3.8, 4) is 22.5 Å². The van der Waals surface area contributed by atoms with Gasteiger partial charge in [-0.25, -0.2) is 4.98 Å². The molecule has 2 aromatic heterocycles. The summed E-state index contributed by atoms with van der Waals surface area (Å²) in [6.45, 7) is 2.76. The van der Waals surface area contributed by atoms with E-state index < -0.39 is 11.3 Å². The molecule has 0 aliphatic carbocycles. The third-order valence-electron chi connectivity index (χ3n) is 8.64. The molecule has 48 heavy (non-hydrogen) atoms. The number of fused-ring (bicyclic) bond motifs is 2. The highest BCUT2D eigenvalue weighted by atomic mass is 32.2. The number of nitrogens with zero attached hydrogens (tertiary/aromatic N) is 7. The molecule has 0 radical (unpaired) electrons. The first-order valence-corrected chi connectivity index (χ1v) is 17.0. The highest BCUT2D eigenvalue weighted by Crippen LogP contribution is 2.38. The molecule has 0 fully saturated rings. The number of aromatic nitrogens is 6. The first-order chi connectivity index (χ1) is 23.4. The van der Waals surface area contributed by atoms with E-state index in [1.54, 1.807) is 0 Å². The average Bonchev–Trinajstić information content (AvgIpc) is 3.76. The van der Waals surface area contributed by atoms with Crippen LogP contribution in [0.3, 0.4) is 0 Å². The maximum atomic E-state index is 12.9. The minimum Gasteiger partial charge on any atom is -0.755 e. The summed E-state index contributed by atoms with van der Waals surface area (Å²) in [6, 6.07) is 33.9. The predicted octanol–water partition coefficient (Wildman–Crippen LogP) is 7.43. The quantitative estimate of drug-likeness (QED) is 0.144. The van der Waals surface area contributed by atoms with Crippen molar-refractivity contribution in [2.45, 2.75) is 32.7 Å². The van der Waals surface area contributed by atoms with Crippen molar-refractivity contribution < 1.29 is 8.76 Å². The second kappa shape index (κ2) is 13.4. The van der Waals surface area contributed by atoms with E-state index in [2.05, 4.69) is 62.4 Å². The molecule has 1 N–H and O–H groups in total. The lowest BCUT2D eigenvalue weighted by Crippen LogP contribution is -2.20. The summed E-state index contributed by atoms with van der Waals surface area (Å²) >= 11 is -2.57. The van der Waals surface area contributed by atoms with Gasteiger partial charge in [0.2, 0.25) is 5.82 Å². The van der Waals surface area contributed by atoms with E-state index in [-0.39, 0.29) is 0 Å². The van der Waals surface area contributed by atoms with Gasteiger partial charge < -0.3 is 14.0 Å². The number of imidazole rings is 1. The number of unbranched alkanes of at least 4 members (excludes halogenated alkanes) is 1. The number of tetrazole rings is 1. The van der Waals surface area contributed by atoms with Crippen LogP contribution in [0.15, 0.2) is 103 Å². The minimum atomic E-state index is -2.57. The van der Waals surface area contributed by atoms with Gasteiger partial charge in [-0.15, -0.1) is 10.2 Å². The predicted molar refractivity (Wildman–Crippen MR) is 192 cm³/mol. The van der Waals surface area contributed by atoms with E-state index >= 15 is 0 Å². The Kier molecular flexibility index (Phi) is 8.70. The van der Waals surface area contributed by atoms with Crippen LogP contribution in [0, 0.1) is 0 Å². The van der Waals surface area contributed by atoms with Gasteiger partial charge in [-0.2, -0.15) is 5.21 Å². The summed E-state index contributed by atoms with van der Waals surface area (Å²) in [4.78, 5) is 7.05. The third kappa shape index (κ3) is 5.94. The first-order valence-electron chi connectivity index (χ1n) is 15.9. The van der Waals surface area contributed by atoms with Crippen LogP contribution in [0.25, 0.3) is 44.3 Å². The van der Waals surface area contributed by atoms with Gasteiger partial charge in [0.05, 0.1) is 33.7 Å². The van der Waals surface area contributed by atoms with E-state index in [0.717, 1.165) is 74.8 Å². The SMILES string of the molecule is CCCCc1nc2ccc(N(c3cccc4c(N(C)C)cccc34)S(=O)[O-])cc2n1Cc1ccc(-c2ccccc2-c2nn[nH]n2)cc1. The molecule has 0 bridgehead atoms. The molecule has 2 heterocycles. The monoisotopic (exact) mass is 655 g/mol. The molecule has 1 unspecified atom stereocenters. The van der Waals surface area contributed by atoms with E-state index in [1.807, 2.05) is 91.8 Å². The summed E-state index contributed by atoms with van der Waals surface area (Å²) in [5, 5.41) is 16.4. The van der Waals surface area contributed by atoms with Gasteiger partial charge in [0.15, 0.2) is 0 Å². The normalized spacial score (nSPS) is 12.1. The molecule has 0 amide bonds. The number of benzene rings is 5. The second-order valence-electron chi connectivity index (χ2n) is 11.9. The number of rotatable bonds is 11. The molecule has 7 rings (SSSR count). The molecule has 0 saturated heterocycles. The fourth-order valence-electron chi connectivity index (χ4n) is 6.32. The van der Waals surface area contributed by atoms with Crippen LogP contribution >= 0.6 is 0 Å². The molecule has 1 atom stereocenters. The molecule has 0 spiro atoms. The van der Waals surface area contributed by atoms with Crippen molar-refractivity contribution in [2.24, 2.45) is 0 Å². The zero-order chi connectivity index (χ0) is 33.2. The van der Waals surface area contributed by atoms with E-state index in [9.17, 15) is 8.76 Å². The van der Waals surface area contributed by atoms with E-state index in [1.165, 1.54) is 4.31 Å². The van der Waals surface area contributed by atoms with Crippen LogP contribution in [-0.4, -0.2) is 53.0 Å². The van der Waals surface area contributed by atoms with Crippen LogP contribution in [-0.2, 0) is 24.2 Å². The zero-order valence-electron chi connectivity index (χ0n) is 27.0. The molecule has 5 aromatic carbocycles. The van der Waals surface area contributed by atoms with Gasteiger partial charge in [-0.1, -0.05) is 86.1 Å². The topological polar surface area (TPSA) is 119 Å². The zero-order valence-corrected chi connectivity index (χ0v) is 27.8. The van der Waals surface area contributed by atoms with Gasteiger partial charge in [0, 0.05) is 49.1 Å². The summed E-state index contributed by atoms with van der Waals surface area (Å²) in [6.07, 6.45) is 2.87. The van der Waals surface area contributed by atoms with Crippen molar-refractivity contribution in [3.05, 3.63) is 115 Å². The van der Waals surface area contributed by atoms with Gasteiger partial charge in [0.25, 0.3) is 0 Å². The maximum absolute atomic E-state index is 12.9. The Bertz CT molecular complexity index is 2230. The Labute approximate surface area is 281 Å². The molecule has 242 valence electrons. The molecule has 0 aliphatic rings. The van der Waals surface area contributed by atoms with Crippen LogP contribution in [0.5, 0.6) is 0 Å². The average molecular weight is 656 g/mol. The molecular weight excluding hydrogens is 621 g/mol. The van der Waals surface area contributed by atoms with Gasteiger partial charge in [-0.3, -0.25) is 8.51 Å². The summed E-state index contributed by atoms with van der Waals surface area (Å²) < 4.78 is 29.5. The summed E-state index contributed by atoms with van der Waals surface area (Å²) in [5.41, 5.74) is 7.95. The smallest absolute Gasteiger partial charge is 0.205 e. The number of hydrogen-bond donors (Lipinski definition) is 1. The van der Waals surface area contributed by atoms with Crippen molar-refractivity contribution in [3.63, 3.8) is 0 Å². The van der Waals surface area contributed by atoms with E-state index in [4.69, 9.17) is 4.98 Å². The van der Waals surface area contributed by atoms with Crippen LogP contribution < -0.4 is 9.21 Å². The number of anilines is 3. The number of aromatic amines is 1. The molecule has 0 aliphatic heterocycles. The molecule has 0 saturated carbocycles. The highest BCUT2D eigenvalue weighted by molar-refractivity contribution is 7.81. The third-order valence-corrected chi connectivity index (χ3v) is 9.35. The van der Waals surface area contributed by atoms with Crippen molar-refractivity contribution in [2.75, 3.05) is 23.3 Å². The number of aryl methyl sites for hydroxylation is 1. The molecular formula is C37H35N8O2S-. The van der Waals surface area contributed by atoms with Crippen LogP contribution in [0.4, 0.5) is 17.1 Å². The van der Waals surface area contributed by atoms with Crippen molar-refractivity contribution >= 4 is 50.1 Å². The number of hydrogen-bond acceptors (Lipinski definition) is 7. The van der Waals surface area contributed by atoms with Crippen LogP contribution in [0.1, 0.15) is 31.2 Å². The van der Waals surface area contributed by atoms with Crippen LogP contribution in [0.2, 0.25) is 0 Å². The maximum Gasteiger partial charge on any atom is 0.205 e. The molecule has 11 heteroatoms. The van der Waals surface area contributed by atoms with Gasteiger partial charge in [0.1, 0.15) is 5.82 Å². The lowest BCUT2D eigenvalue weighted by Gasteiger charge is -2.28. The van der Waals surface area contributed by atoms with Gasteiger partial charge in [-0.05, 0) is 58.7 Å². The first kappa shape index (κ1) is 31.2. The summed E-state index contributed by atoms with van der Waals surface area (Å²) in [5.74, 6) is 1.52. The van der Waals surface area contributed by atoms with Crippen molar-refractivity contribution in [1.82, 2.24) is 30.2 Å². The number of H-pyrrole nitrogens is 1. The number of nitrogens with one attached hydrogen (secondary N) is 1. The fraction of sp³-hybridized carbons (Fsp3) is 0.189. The summed E-state index contributed by atoms with van der Waals surface area (Å²) in [7, 11) is 3.97. The van der Waals surface area contributed by atoms with E-state index in [0.29, 0.717) is 23.7 Å². The fourth-order valence-corrected chi connectivity index (χ4v) is 6.92. The largest absolute Gasteiger partial charge is 0.755 e. The Morgan fingerprint density at radius 3 is 2.27 bits per heavy atom. The van der Waals surface area contributed by atoms with Crippen molar-refractivity contribution in [1.29, 1.82) is 0 Å². The molecule has 7 aromatic rings.